The van der Waals surface area contributed by atoms with Gasteiger partial charge in [-0.15, -0.1) is 0 Å². The van der Waals surface area contributed by atoms with Crippen LogP contribution in [-0.2, 0) is 9.53 Å². The van der Waals surface area contributed by atoms with Crippen LogP contribution in [-0.4, -0.2) is 36.4 Å². The molecular formula is C8H18N2O3. The van der Waals surface area contributed by atoms with E-state index in [-0.39, 0.29) is 6.54 Å². The van der Waals surface area contributed by atoms with E-state index in [1.54, 1.807) is 6.92 Å². The Hall–Kier alpha value is -0.650. The summed E-state index contributed by atoms with van der Waals surface area (Å²) in [5, 5.41) is 9.09. The minimum absolute atomic E-state index is 0.190. The third kappa shape index (κ3) is 5.57. The first-order valence-corrected chi connectivity index (χ1v) is 4.42. The molecule has 0 bridgehead atoms. The van der Waals surface area contributed by atoms with E-state index in [0.717, 1.165) is 0 Å². The molecule has 0 fully saturated rings. The summed E-state index contributed by atoms with van der Waals surface area (Å²) in [5.41, 5.74) is 10.7. The zero-order chi connectivity index (χ0) is 10.3. The first-order chi connectivity index (χ1) is 6.11. The molecule has 0 aromatic heterocycles. The standard InChI is InChI=1S/C8H18N2O3/c1-2-13-8(12)7(10)4-3-6(11)5-9/h6-7,11H,2-5,9-10H2,1H3/t6-,7-/m0/s1. The predicted molar refractivity (Wildman–Crippen MR) is 48.9 cm³/mol. The van der Waals surface area contributed by atoms with E-state index in [4.69, 9.17) is 21.3 Å². The lowest BCUT2D eigenvalue weighted by Gasteiger charge is -2.12. The lowest BCUT2D eigenvalue weighted by Crippen LogP contribution is -2.34. The first-order valence-electron chi connectivity index (χ1n) is 4.42. The van der Waals surface area contributed by atoms with E-state index in [9.17, 15) is 4.79 Å². The van der Waals surface area contributed by atoms with Crippen molar-refractivity contribution in [3.8, 4) is 0 Å². The summed E-state index contributed by atoms with van der Waals surface area (Å²) in [6, 6.07) is -0.652. The second kappa shape index (κ2) is 6.82. The molecule has 13 heavy (non-hydrogen) atoms. The number of carbonyl (C=O) groups is 1. The maximum atomic E-state index is 11.0. The summed E-state index contributed by atoms with van der Waals surface area (Å²) < 4.78 is 4.69. The number of hydrogen-bond acceptors (Lipinski definition) is 5. The molecule has 0 aromatic rings. The Kier molecular flexibility index (Phi) is 6.48. The molecule has 5 N–H and O–H groups in total. The van der Waals surface area contributed by atoms with Crippen molar-refractivity contribution in [2.45, 2.75) is 31.9 Å². The molecule has 5 nitrogen and oxygen atoms in total. The van der Waals surface area contributed by atoms with Crippen LogP contribution in [0.3, 0.4) is 0 Å². The molecule has 5 heteroatoms. The van der Waals surface area contributed by atoms with Crippen molar-refractivity contribution in [3.05, 3.63) is 0 Å². The third-order valence-electron chi connectivity index (χ3n) is 1.67. The van der Waals surface area contributed by atoms with Crippen LogP contribution >= 0.6 is 0 Å². The molecule has 0 aliphatic carbocycles. The van der Waals surface area contributed by atoms with E-state index >= 15 is 0 Å². The third-order valence-corrected chi connectivity index (χ3v) is 1.67. The van der Waals surface area contributed by atoms with Crippen LogP contribution in [0.4, 0.5) is 0 Å². The largest absolute Gasteiger partial charge is 0.465 e. The average Bonchev–Trinajstić information content (AvgIpc) is 2.13. The van der Waals surface area contributed by atoms with Crippen LogP contribution in [0.25, 0.3) is 0 Å². The van der Waals surface area contributed by atoms with Gasteiger partial charge in [0.15, 0.2) is 0 Å². The Morgan fingerprint density at radius 1 is 1.54 bits per heavy atom. The van der Waals surface area contributed by atoms with Crippen LogP contribution in [0.2, 0.25) is 0 Å². The molecule has 0 rings (SSSR count). The minimum atomic E-state index is -0.652. The van der Waals surface area contributed by atoms with Gasteiger partial charge in [-0.2, -0.15) is 0 Å². The first kappa shape index (κ1) is 12.3. The minimum Gasteiger partial charge on any atom is -0.465 e. The normalized spacial score (nSPS) is 15.1. The lowest BCUT2D eigenvalue weighted by molar-refractivity contribution is -0.144. The van der Waals surface area contributed by atoms with Gasteiger partial charge in [-0.1, -0.05) is 0 Å². The molecule has 0 saturated carbocycles. The number of aliphatic hydroxyl groups excluding tert-OH is 1. The van der Waals surface area contributed by atoms with Crippen molar-refractivity contribution in [1.29, 1.82) is 0 Å². The van der Waals surface area contributed by atoms with Crippen LogP contribution in [0, 0.1) is 0 Å². The second-order valence-electron chi connectivity index (χ2n) is 2.83. The number of rotatable bonds is 6. The van der Waals surface area contributed by atoms with Gasteiger partial charge >= 0.3 is 5.97 Å². The fourth-order valence-electron chi connectivity index (χ4n) is 0.857. The van der Waals surface area contributed by atoms with Crippen LogP contribution < -0.4 is 11.5 Å². The van der Waals surface area contributed by atoms with Gasteiger partial charge in [0.25, 0.3) is 0 Å². The molecule has 0 aliphatic heterocycles. The van der Waals surface area contributed by atoms with Crippen molar-refractivity contribution in [1.82, 2.24) is 0 Å². The Morgan fingerprint density at radius 2 is 2.15 bits per heavy atom. The quantitative estimate of drug-likeness (QED) is 0.465. The molecule has 0 spiro atoms. The SMILES string of the molecule is CCOC(=O)[C@@H](N)CC[C@H](O)CN. The van der Waals surface area contributed by atoms with E-state index in [1.807, 2.05) is 0 Å². The summed E-state index contributed by atoms with van der Waals surface area (Å²) in [4.78, 5) is 11.0. The van der Waals surface area contributed by atoms with Gasteiger partial charge in [-0.05, 0) is 19.8 Å². The zero-order valence-electron chi connectivity index (χ0n) is 7.90. The van der Waals surface area contributed by atoms with E-state index in [1.165, 1.54) is 0 Å². The number of aliphatic hydroxyl groups is 1. The van der Waals surface area contributed by atoms with E-state index in [2.05, 4.69) is 0 Å². The Balaban J connectivity index is 3.60. The Bertz CT molecular complexity index is 152. The molecule has 0 saturated heterocycles. The van der Waals surface area contributed by atoms with Crippen molar-refractivity contribution < 1.29 is 14.6 Å². The maximum absolute atomic E-state index is 11.0. The summed E-state index contributed by atoms with van der Waals surface area (Å²) in [5.74, 6) is -0.424. The van der Waals surface area contributed by atoms with Crippen molar-refractivity contribution >= 4 is 5.97 Å². The van der Waals surface area contributed by atoms with E-state index in [0.29, 0.717) is 19.4 Å². The smallest absolute Gasteiger partial charge is 0.322 e. The van der Waals surface area contributed by atoms with E-state index < -0.39 is 18.1 Å². The number of carbonyl (C=O) groups excluding carboxylic acids is 1. The van der Waals surface area contributed by atoms with Gasteiger partial charge in [-0.3, -0.25) is 4.79 Å². The van der Waals surface area contributed by atoms with Gasteiger partial charge in [0, 0.05) is 6.54 Å². The Morgan fingerprint density at radius 3 is 2.62 bits per heavy atom. The van der Waals surface area contributed by atoms with Crippen molar-refractivity contribution in [2.75, 3.05) is 13.2 Å². The number of ether oxygens (including phenoxy) is 1. The summed E-state index contributed by atoms with van der Waals surface area (Å²) in [6.45, 7) is 2.24. The second-order valence-corrected chi connectivity index (χ2v) is 2.83. The van der Waals surface area contributed by atoms with Crippen molar-refractivity contribution in [3.63, 3.8) is 0 Å². The Labute approximate surface area is 78.0 Å². The topological polar surface area (TPSA) is 98.6 Å². The van der Waals surface area contributed by atoms with Gasteiger partial charge in [0.2, 0.25) is 0 Å². The number of nitrogens with two attached hydrogens (primary N) is 2. The predicted octanol–water partition coefficient (Wildman–Crippen LogP) is -1.02. The van der Waals surface area contributed by atoms with Gasteiger partial charge in [0.05, 0.1) is 12.7 Å². The monoisotopic (exact) mass is 190 g/mol. The lowest BCUT2D eigenvalue weighted by atomic mass is 10.1. The average molecular weight is 190 g/mol. The molecule has 2 atom stereocenters. The highest BCUT2D eigenvalue weighted by atomic mass is 16.5. The molecular weight excluding hydrogens is 172 g/mol. The molecule has 0 aromatic carbocycles. The van der Waals surface area contributed by atoms with Crippen molar-refractivity contribution in [2.24, 2.45) is 11.5 Å². The zero-order valence-corrected chi connectivity index (χ0v) is 7.90. The van der Waals surface area contributed by atoms with Crippen LogP contribution in [0.5, 0.6) is 0 Å². The highest BCUT2D eigenvalue weighted by Crippen LogP contribution is 2.00. The highest BCUT2D eigenvalue weighted by Gasteiger charge is 2.15. The van der Waals surface area contributed by atoms with Crippen LogP contribution in [0.15, 0.2) is 0 Å². The molecule has 0 amide bonds. The molecule has 0 aliphatic rings. The van der Waals surface area contributed by atoms with Gasteiger partial charge < -0.3 is 21.3 Å². The molecule has 0 unspecified atom stereocenters. The summed E-state index contributed by atoms with van der Waals surface area (Å²) in [6.07, 6.45) is 0.244. The van der Waals surface area contributed by atoms with Gasteiger partial charge in [0.1, 0.15) is 6.04 Å². The summed E-state index contributed by atoms with van der Waals surface area (Å²) >= 11 is 0. The number of esters is 1. The fraction of sp³-hybridized carbons (Fsp3) is 0.875. The molecule has 0 radical (unpaired) electrons. The molecule has 78 valence electrons. The maximum Gasteiger partial charge on any atom is 0.322 e. The molecule has 0 heterocycles. The fourth-order valence-corrected chi connectivity index (χ4v) is 0.857. The van der Waals surface area contributed by atoms with Gasteiger partial charge in [-0.25, -0.2) is 0 Å². The highest BCUT2D eigenvalue weighted by molar-refractivity contribution is 5.75. The van der Waals surface area contributed by atoms with Crippen LogP contribution in [0.1, 0.15) is 19.8 Å². The number of hydrogen-bond donors (Lipinski definition) is 3. The summed E-state index contributed by atoms with van der Waals surface area (Å²) in [7, 11) is 0.